The maximum absolute atomic E-state index is 12.6. The van der Waals surface area contributed by atoms with E-state index in [1.807, 2.05) is 50.2 Å². The van der Waals surface area contributed by atoms with E-state index < -0.39 is 0 Å². The Labute approximate surface area is 152 Å². The number of nitrogens with zero attached hydrogens (tertiary/aromatic N) is 1. The zero-order valence-corrected chi connectivity index (χ0v) is 15.2. The number of H-pyrrole nitrogens is 1. The molecule has 134 valence electrons. The number of anilines is 1. The van der Waals surface area contributed by atoms with Gasteiger partial charge in [-0.2, -0.15) is 0 Å². The summed E-state index contributed by atoms with van der Waals surface area (Å²) >= 11 is 0. The Morgan fingerprint density at radius 2 is 1.88 bits per heavy atom. The molecule has 0 spiro atoms. The van der Waals surface area contributed by atoms with Crippen molar-refractivity contribution in [2.45, 2.75) is 26.8 Å². The molecule has 0 fully saturated rings. The van der Waals surface area contributed by atoms with Gasteiger partial charge in [0.15, 0.2) is 0 Å². The van der Waals surface area contributed by atoms with Crippen LogP contribution in [0.3, 0.4) is 0 Å². The lowest BCUT2D eigenvalue weighted by molar-refractivity contribution is -0.118. The van der Waals surface area contributed by atoms with Crippen LogP contribution in [0.5, 0.6) is 5.75 Å². The summed E-state index contributed by atoms with van der Waals surface area (Å²) in [5.41, 5.74) is 2.97. The van der Waals surface area contributed by atoms with Crippen molar-refractivity contribution >= 4 is 22.5 Å². The van der Waals surface area contributed by atoms with Gasteiger partial charge in [-0.1, -0.05) is 25.1 Å². The van der Waals surface area contributed by atoms with Crippen molar-refractivity contribution in [1.82, 2.24) is 4.98 Å². The second-order valence-electron chi connectivity index (χ2n) is 6.19. The molecular weight excluding hydrogens is 328 g/mol. The molecule has 5 heteroatoms. The molecule has 0 aliphatic carbocycles. The van der Waals surface area contributed by atoms with Gasteiger partial charge in [0, 0.05) is 17.7 Å². The van der Waals surface area contributed by atoms with Crippen LogP contribution in [0.4, 0.5) is 5.69 Å². The lowest BCUT2D eigenvalue weighted by Gasteiger charge is -2.22. The summed E-state index contributed by atoms with van der Waals surface area (Å²) in [6.45, 7) is 3.99. The number of carbonyl (C=O) groups excluding carboxylic acids is 1. The Morgan fingerprint density at radius 3 is 2.54 bits per heavy atom. The molecule has 0 atom stereocenters. The zero-order chi connectivity index (χ0) is 18.7. The number of ether oxygens (including phenoxy) is 1. The summed E-state index contributed by atoms with van der Waals surface area (Å²) in [6, 6.07) is 15.0. The van der Waals surface area contributed by atoms with E-state index in [4.69, 9.17) is 4.74 Å². The molecule has 1 amide bonds. The van der Waals surface area contributed by atoms with Crippen LogP contribution in [-0.4, -0.2) is 18.0 Å². The summed E-state index contributed by atoms with van der Waals surface area (Å²) < 4.78 is 5.17. The number of pyridine rings is 1. The highest BCUT2D eigenvalue weighted by molar-refractivity contribution is 5.93. The van der Waals surface area contributed by atoms with Gasteiger partial charge in [-0.25, -0.2) is 0 Å². The Hall–Kier alpha value is -3.08. The van der Waals surface area contributed by atoms with Gasteiger partial charge in [0.05, 0.1) is 19.2 Å². The molecule has 0 bridgehead atoms. The predicted molar refractivity (Wildman–Crippen MR) is 104 cm³/mol. The van der Waals surface area contributed by atoms with E-state index in [2.05, 4.69) is 4.98 Å². The number of carbonyl (C=O) groups is 1. The second kappa shape index (κ2) is 7.44. The van der Waals surface area contributed by atoms with Crippen LogP contribution < -0.4 is 15.2 Å². The predicted octanol–water partition coefficient (Wildman–Crippen LogP) is 3.79. The summed E-state index contributed by atoms with van der Waals surface area (Å²) in [5.74, 6) is 0.676. The van der Waals surface area contributed by atoms with Crippen LogP contribution in [0.1, 0.15) is 24.5 Å². The molecule has 26 heavy (non-hydrogen) atoms. The average Bonchev–Trinajstić information content (AvgIpc) is 2.66. The monoisotopic (exact) mass is 350 g/mol. The molecule has 5 nitrogen and oxygen atoms in total. The van der Waals surface area contributed by atoms with E-state index in [9.17, 15) is 9.59 Å². The van der Waals surface area contributed by atoms with Crippen LogP contribution in [-0.2, 0) is 11.3 Å². The van der Waals surface area contributed by atoms with Crippen LogP contribution >= 0.6 is 0 Å². The number of aryl methyl sites for hydroxylation is 1. The molecule has 0 radical (unpaired) electrons. The van der Waals surface area contributed by atoms with Gasteiger partial charge in [-0.05, 0) is 48.2 Å². The summed E-state index contributed by atoms with van der Waals surface area (Å²) in [7, 11) is 1.60. The van der Waals surface area contributed by atoms with Gasteiger partial charge in [-0.3, -0.25) is 9.59 Å². The average molecular weight is 350 g/mol. The fraction of sp³-hybridized carbons (Fsp3) is 0.238. The third-order valence-electron chi connectivity index (χ3n) is 4.48. The number of aromatic nitrogens is 1. The zero-order valence-electron chi connectivity index (χ0n) is 15.2. The van der Waals surface area contributed by atoms with Gasteiger partial charge < -0.3 is 14.6 Å². The van der Waals surface area contributed by atoms with Gasteiger partial charge in [0.1, 0.15) is 5.75 Å². The topological polar surface area (TPSA) is 62.4 Å². The van der Waals surface area contributed by atoms with Gasteiger partial charge in [0.2, 0.25) is 5.91 Å². The molecule has 0 aliphatic rings. The van der Waals surface area contributed by atoms with E-state index >= 15 is 0 Å². The minimum absolute atomic E-state index is 0.0427. The first-order valence-corrected chi connectivity index (χ1v) is 8.59. The number of para-hydroxylation sites is 1. The van der Waals surface area contributed by atoms with Crippen LogP contribution in [0, 0.1) is 6.92 Å². The molecule has 1 N–H and O–H groups in total. The lowest BCUT2D eigenvalue weighted by Crippen LogP contribution is -2.32. The molecule has 0 unspecified atom stereocenters. The Kier molecular flexibility index (Phi) is 5.07. The third kappa shape index (κ3) is 3.47. The SMILES string of the molecule is CCC(=O)N(Cc1cc2cccc(C)c2[nH]c1=O)c1ccc(OC)cc1. The van der Waals surface area contributed by atoms with E-state index in [1.165, 1.54) is 0 Å². The van der Waals surface area contributed by atoms with Crippen LogP contribution in [0.25, 0.3) is 10.9 Å². The number of amides is 1. The molecule has 3 rings (SSSR count). The van der Waals surface area contributed by atoms with Gasteiger partial charge in [0.25, 0.3) is 5.56 Å². The molecule has 1 aromatic heterocycles. The number of fused-ring (bicyclic) bond motifs is 1. The highest BCUT2D eigenvalue weighted by atomic mass is 16.5. The number of benzene rings is 2. The van der Waals surface area contributed by atoms with Crippen molar-refractivity contribution in [2.75, 3.05) is 12.0 Å². The largest absolute Gasteiger partial charge is 0.497 e. The number of methoxy groups -OCH3 is 1. The Balaban J connectivity index is 2.01. The summed E-state index contributed by atoms with van der Waals surface area (Å²) in [6.07, 6.45) is 0.358. The number of hydrogen-bond acceptors (Lipinski definition) is 3. The third-order valence-corrected chi connectivity index (χ3v) is 4.48. The standard InChI is InChI=1S/C21H22N2O3/c1-4-19(24)23(17-8-10-18(26-3)11-9-17)13-16-12-15-7-5-6-14(2)20(15)22-21(16)25/h5-12H,4,13H2,1-3H3,(H,22,25). The smallest absolute Gasteiger partial charge is 0.253 e. The maximum Gasteiger partial charge on any atom is 0.253 e. The van der Waals surface area contributed by atoms with Gasteiger partial charge >= 0.3 is 0 Å². The Morgan fingerprint density at radius 1 is 1.15 bits per heavy atom. The molecule has 0 aliphatic heterocycles. The number of hydrogen-bond donors (Lipinski definition) is 1. The number of nitrogens with one attached hydrogen (secondary N) is 1. The van der Waals surface area contributed by atoms with Crippen molar-refractivity contribution < 1.29 is 9.53 Å². The lowest BCUT2D eigenvalue weighted by atomic mass is 10.1. The molecule has 0 saturated heterocycles. The van der Waals surface area contributed by atoms with Crippen molar-refractivity contribution in [3.05, 3.63) is 70.0 Å². The first kappa shape index (κ1) is 17.7. The molecule has 2 aromatic carbocycles. The minimum Gasteiger partial charge on any atom is -0.497 e. The summed E-state index contributed by atoms with van der Waals surface area (Å²) in [5, 5.41) is 0.957. The van der Waals surface area contributed by atoms with Crippen molar-refractivity contribution in [3.8, 4) is 5.75 Å². The fourth-order valence-corrected chi connectivity index (χ4v) is 2.99. The van der Waals surface area contributed by atoms with Crippen molar-refractivity contribution in [1.29, 1.82) is 0 Å². The van der Waals surface area contributed by atoms with Gasteiger partial charge in [-0.15, -0.1) is 0 Å². The van der Waals surface area contributed by atoms with Crippen LogP contribution in [0.15, 0.2) is 53.3 Å². The van der Waals surface area contributed by atoms with E-state index in [0.29, 0.717) is 12.0 Å². The fourth-order valence-electron chi connectivity index (χ4n) is 2.99. The van der Waals surface area contributed by atoms with E-state index in [-0.39, 0.29) is 18.0 Å². The van der Waals surface area contributed by atoms with Crippen molar-refractivity contribution in [3.63, 3.8) is 0 Å². The first-order chi connectivity index (χ1) is 12.5. The highest BCUT2D eigenvalue weighted by Crippen LogP contribution is 2.22. The summed E-state index contributed by atoms with van der Waals surface area (Å²) in [4.78, 5) is 29.6. The molecule has 0 saturated carbocycles. The minimum atomic E-state index is -0.172. The normalized spacial score (nSPS) is 10.7. The molecule has 3 aromatic rings. The molecule has 1 heterocycles. The number of aromatic amines is 1. The maximum atomic E-state index is 12.6. The molecular formula is C21H22N2O3. The number of rotatable bonds is 5. The quantitative estimate of drug-likeness (QED) is 0.761. The first-order valence-electron chi connectivity index (χ1n) is 8.59. The van der Waals surface area contributed by atoms with E-state index in [1.54, 1.807) is 24.1 Å². The van der Waals surface area contributed by atoms with Crippen molar-refractivity contribution in [2.24, 2.45) is 0 Å². The van der Waals surface area contributed by atoms with Crippen LogP contribution in [0.2, 0.25) is 0 Å². The highest BCUT2D eigenvalue weighted by Gasteiger charge is 2.17. The van der Waals surface area contributed by atoms with E-state index in [0.717, 1.165) is 27.9 Å². The second-order valence-corrected chi connectivity index (χ2v) is 6.19. The Bertz CT molecular complexity index is 990.